The number of ether oxygens (including phenoxy) is 2. The van der Waals surface area contributed by atoms with Crippen LogP contribution in [0, 0.1) is 0 Å². The van der Waals surface area contributed by atoms with Gasteiger partial charge in [-0.05, 0) is 19.9 Å². The maximum Gasteiger partial charge on any atom is 0.254 e. The van der Waals surface area contributed by atoms with Gasteiger partial charge >= 0.3 is 0 Å². The second-order valence-corrected chi connectivity index (χ2v) is 6.29. The number of aryl methyl sites for hydroxylation is 1. The maximum atomic E-state index is 11.9. The van der Waals surface area contributed by atoms with E-state index >= 15 is 0 Å². The largest absolute Gasteiger partial charge is 0.488 e. The quantitative estimate of drug-likeness (QED) is 0.857. The summed E-state index contributed by atoms with van der Waals surface area (Å²) in [5, 5.41) is 6.78. The van der Waals surface area contributed by atoms with E-state index in [9.17, 15) is 4.79 Å². The summed E-state index contributed by atoms with van der Waals surface area (Å²) in [6.45, 7) is 4.92. The van der Waals surface area contributed by atoms with Crippen LogP contribution in [0.3, 0.4) is 0 Å². The van der Waals surface area contributed by atoms with Crippen molar-refractivity contribution in [3.05, 3.63) is 41.7 Å². The average Bonchev–Trinajstić information content (AvgIpc) is 3.05. The minimum absolute atomic E-state index is 0.155. The third-order valence-corrected chi connectivity index (χ3v) is 3.67. The van der Waals surface area contributed by atoms with E-state index in [-0.39, 0.29) is 11.5 Å². The molecule has 0 unspecified atom stereocenters. The van der Waals surface area contributed by atoms with Crippen molar-refractivity contribution in [1.29, 1.82) is 0 Å². The Bertz CT molecular complexity index is 722. The molecule has 2 heterocycles. The van der Waals surface area contributed by atoms with Crippen molar-refractivity contribution in [2.24, 2.45) is 7.05 Å². The van der Waals surface area contributed by atoms with Crippen molar-refractivity contribution in [2.75, 3.05) is 13.2 Å². The first kappa shape index (κ1) is 15.4. The van der Waals surface area contributed by atoms with Crippen LogP contribution < -0.4 is 14.8 Å². The molecular formula is C17H21N3O3. The van der Waals surface area contributed by atoms with Gasteiger partial charge in [0, 0.05) is 25.2 Å². The molecule has 6 heteroatoms. The van der Waals surface area contributed by atoms with Crippen LogP contribution in [0.4, 0.5) is 0 Å². The first-order valence-corrected chi connectivity index (χ1v) is 7.65. The highest BCUT2D eigenvalue weighted by Gasteiger charge is 2.32. The molecule has 3 rings (SSSR count). The number of carbonyl (C=O) groups is 1. The Morgan fingerprint density at radius 1 is 1.48 bits per heavy atom. The lowest BCUT2D eigenvalue weighted by Crippen LogP contribution is -2.28. The lowest BCUT2D eigenvalue weighted by molar-refractivity contribution is 0.0946. The zero-order valence-corrected chi connectivity index (χ0v) is 13.6. The number of rotatable bonds is 5. The number of nitrogens with zero attached hydrogens (tertiary/aromatic N) is 2. The van der Waals surface area contributed by atoms with E-state index in [1.54, 1.807) is 17.9 Å². The highest BCUT2D eigenvalue weighted by Crippen LogP contribution is 2.41. The number of carbonyl (C=O) groups excluding carboxylic acids is 1. The van der Waals surface area contributed by atoms with Gasteiger partial charge in [0.1, 0.15) is 12.2 Å². The molecule has 1 aliphatic rings. The Balaban J connectivity index is 1.52. The molecule has 0 saturated heterocycles. The number of benzene rings is 1. The summed E-state index contributed by atoms with van der Waals surface area (Å²) in [4.78, 5) is 11.9. The van der Waals surface area contributed by atoms with Crippen LogP contribution in [0.1, 0.15) is 29.8 Å². The van der Waals surface area contributed by atoms with E-state index < -0.39 is 0 Å². The molecule has 0 fully saturated rings. The molecule has 1 aromatic carbocycles. The van der Waals surface area contributed by atoms with E-state index in [0.717, 1.165) is 23.5 Å². The van der Waals surface area contributed by atoms with Crippen LogP contribution in [0.15, 0.2) is 30.6 Å². The van der Waals surface area contributed by atoms with Crippen molar-refractivity contribution in [3.8, 4) is 11.5 Å². The van der Waals surface area contributed by atoms with E-state index in [1.165, 1.54) is 6.20 Å². The molecule has 0 aliphatic carbocycles. The van der Waals surface area contributed by atoms with Gasteiger partial charge in [-0.25, -0.2) is 0 Å². The fourth-order valence-corrected chi connectivity index (χ4v) is 2.67. The van der Waals surface area contributed by atoms with Crippen LogP contribution in [0.2, 0.25) is 0 Å². The van der Waals surface area contributed by atoms with Gasteiger partial charge in [-0.3, -0.25) is 9.48 Å². The highest BCUT2D eigenvalue weighted by molar-refractivity contribution is 5.93. The van der Waals surface area contributed by atoms with Gasteiger partial charge in [0.05, 0.1) is 18.3 Å². The summed E-state index contributed by atoms with van der Waals surface area (Å²) in [5.74, 6) is 1.39. The highest BCUT2D eigenvalue weighted by atomic mass is 16.5. The predicted molar refractivity (Wildman–Crippen MR) is 85.9 cm³/mol. The minimum atomic E-state index is -0.198. The summed E-state index contributed by atoms with van der Waals surface area (Å²) < 4.78 is 13.3. The standard InChI is InChI=1S/C17H21N3O3/c1-17(2)9-12-5-4-6-14(15(12)23-17)22-8-7-18-16(21)13-10-19-20(3)11-13/h4-6,10-11H,7-9H2,1-3H3,(H,18,21). The van der Waals surface area contributed by atoms with Crippen LogP contribution in [-0.2, 0) is 13.5 Å². The van der Waals surface area contributed by atoms with Crippen molar-refractivity contribution in [2.45, 2.75) is 25.9 Å². The SMILES string of the molecule is Cn1cc(C(=O)NCCOc2cccc3c2OC(C)(C)C3)cn1. The van der Waals surface area contributed by atoms with Gasteiger partial charge in [0.2, 0.25) is 0 Å². The smallest absolute Gasteiger partial charge is 0.254 e. The van der Waals surface area contributed by atoms with Crippen LogP contribution >= 0.6 is 0 Å². The molecule has 23 heavy (non-hydrogen) atoms. The molecule has 122 valence electrons. The summed E-state index contributed by atoms with van der Waals surface area (Å²) in [5.41, 5.74) is 1.50. The lowest BCUT2D eigenvalue weighted by atomic mass is 10.0. The fraction of sp³-hybridized carbons (Fsp3) is 0.412. The van der Waals surface area contributed by atoms with E-state index in [2.05, 4.69) is 30.3 Å². The zero-order chi connectivity index (χ0) is 16.4. The molecule has 1 aliphatic heterocycles. The zero-order valence-electron chi connectivity index (χ0n) is 13.6. The summed E-state index contributed by atoms with van der Waals surface area (Å²) in [7, 11) is 1.78. The first-order valence-electron chi connectivity index (χ1n) is 7.65. The normalized spacial score (nSPS) is 14.9. The number of amides is 1. The molecule has 2 aromatic rings. The van der Waals surface area contributed by atoms with Crippen molar-refractivity contribution in [3.63, 3.8) is 0 Å². The molecular weight excluding hydrogens is 294 g/mol. The fourth-order valence-electron chi connectivity index (χ4n) is 2.67. The Morgan fingerprint density at radius 3 is 3.04 bits per heavy atom. The minimum Gasteiger partial charge on any atom is -0.488 e. The molecule has 0 radical (unpaired) electrons. The van der Waals surface area contributed by atoms with Crippen LogP contribution in [0.5, 0.6) is 11.5 Å². The summed E-state index contributed by atoms with van der Waals surface area (Å²) >= 11 is 0. The monoisotopic (exact) mass is 315 g/mol. The first-order chi connectivity index (χ1) is 10.9. The van der Waals surface area contributed by atoms with Crippen molar-refractivity contribution >= 4 is 5.91 Å². The third kappa shape index (κ3) is 3.47. The molecule has 1 N–H and O–H groups in total. The average molecular weight is 315 g/mol. The van der Waals surface area contributed by atoms with Crippen molar-refractivity contribution in [1.82, 2.24) is 15.1 Å². The molecule has 1 aromatic heterocycles. The molecule has 0 bridgehead atoms. The van der Waals surface area contributed by atoms with Crippen LogP contribution in [0.25, 0.3) is 0 Å². The molecule has 6 nitrogen and oxygen atoms in total. The summed E-state index contributed by atoms with van der Waals surface area (Å²) in [6, 6.07) is 5.91. The summed E-state index contributed by atoms with van der Waals surface area (Å²) in [6.07, 6.45) is 4.09. The number of fused-ring (bicyclic) bond motifs is 1. The molecule has 0 atom stereocenters. The Labute approximate surface area is 135 Å². The second-order valence-electron chi connectivity index (χ2n) is 6.29. The van der Waals surface area contributed by atoms with Gasteiger partial charge < -0.3 is 14.8 Å². The Hall–Kier alpha value is -2.50. The topological polar surface area (TPSA) is 65.4 Å². The van der Waals surface area contributed by atoms with Gasteiger partial charge in [-0.2, -0.15) is 5.10 Å². The van der Waals surface area contributed by atoms with Gasteiger partial charge in [0.15, 0.2) is 11.5 Å². The van der Waals surface area contributed by atoms with E-state index in [4.69, 9.17) is 9.47 Å². The number of hydrogen-bond donors (Lipinski definition) is 1. The van der Waals surface area contributed by atoms with E-state index in [0.29, 0.717) is 18.7 Å². The lowest BCUT2D eigenvalue weighted by Gasteiger charge is -2.18. The number of hydrogen-bond acceptors (Lipinski definition) is 4. The Morgan fingerprint density at radius 2 is 2.30 bits per heavy atom. The van der Waals surface area contributed by atoms with Gasteiger partial charge in [-0.15, -0.1) is 0 Å². The molecule has 0 saturated carbocycles. The van der Waals surface area contributed by atoms with Gasteiger partial charge in [-0.1, -0.05) is 12.1 Å². The Kier molecular flexibility index (Phi) is 3.98. The predicted octanol–water partition coefficient (Wildman–Crippen LogP) is 1.94. The number of aromatic nitrogens is 2. The second kappa shape index (κ2) is 5.95. The third-order valence-electron chi connectivity index (χ3n) is 3.67. The van der Waals surface area contributed by atoms with Crippen LogP contribution in [-0.4, -0.2) is 34.4 Å². The van der Waals surface area contributed by atoms with Gasteiger partial charge in [0.25, 0.3) is 5.91 Å². The molecule has 1 amide bonds. The molecule has 0 spiro atoms. The van der Waals surface area contributed by atoms with Crippen molar-refractivity contribution < 1.29 is 14.3 Å². The number of nitrogens with one attached hydrogen (secondary N) is 1. The van der Waals surface area contributed by atoms with E-state index in [1.807, 2.05) is 12.1 Å². The number of para-hydroxylation sites is 1. The maximum absolute atomic E-state index is 11.9.